The molecule has 1 fully saturated rings. The van der Waals surface area contributed by atoms with Crippen molar-refractivity contribution in [2.75, 3.05) is 5.32 Å². The number of ketones is 1. The van der Waals surface area contributed by atoms with E-state index in [2.05, 4.69) is 36.6 Å². The highest BCUT2D eigenvalue weighted by Crippen LogP contribution is 2.54. The first-order chi connectivity index (χ1) is 15.5. The van der Waals surface area contributed by atoms with Crippen LogP contribution in [0.15, 0.2) is 84.9 Å². The SMILES string of the molecule is CC(C)C[C@@H]1N[C@]2(C(=O)Nc3ccccc32)[C@H](C(=O)c2ccccc2)[C@@H]1c1ccccc1. The first-order valence-electron chi connectivity index (χ1n) is 11.3. The quantitative estimate of drug-likeness (QED) is 0.558. The molecule has 3 aromatic carbocycles. The second-order valence-corrected chi connectivity index (χ2v) is 9.33. The summed E-state index contributed by atoms with van der Waals surface area (Å²) >= 11 is 0. The fourth-order valence-corrected chi connectivity index (χ4v) is 5.66. The fourth-order valence-electron chi connectivity index (χ4n) is 5.66. The molecule has 162 valence electrons. The zero-order chi connectivity index (χ0) is 22.3. The van der Waals surface area contributed by atoms with Crippen molar-refractivity contribution >= 4 is 17.4 Å². The summed E-state index contributed by atoms with van der Waals surface area (Å²) in [7, 11) is 0. The van der Waals surface area contributed by atoms with E-state index in [1.54, 1.807) is 0 Å². The molecule has 1 amide bonds. The lowest BCUT2D eigenvalue weighted by molar-refractivity contribution is -0.122. The average Bonchev–Trinajstić information content (AvgIpc) is 3.29. The van der Waals surface area contributed by atoms with Crippen LogP contribution < -0.4 is 10.6 Å². The van der Waals surface area contributed by atoms with Gasteiger partial charge >= 0.3 is 0 Å². The van der Waals surface area contributed by atoms with Crippen LogP contribution in [-0.2, 0) is 10.3 Å². The monoisotopic (exact) mass is 424 g/mol. The molecular weight excluding hydrogens is 396 g/mol. The number of benzene rings is 3. The molecule has 1 saturated heterocycles. The summed E-state index contributed by atoms with van der Waals surface area (Å²) in [6, 6.07) is 27.3. The molecule has 4 heteroatoms. The lowest BCUT2D eigenvalue weighted by Gasteiger charge is -2.31. The Hall–Kier alpha value is -3.24. The van der Waals surface area contributed by atoms with E-state index in [0.717, 1.165) is 23.2 Å². The van der Waals surface area contributed by atoms with Crippen molar-refractivity contribution < 1.29 is 9.59 Å². The highest BCUT2D eigenvalue weighted by atomic mass is 16.2. The van der Waals surface area contributed by atoms with Gasteiger partial charge in [-0.05, 0) is 24.0 Å². The van der Waals surface area contributed by atoms with Crippen LogP contribution in [-0.4, -0.2) is 17.7 Å². The van der Waals surface area contributed by atoms with Crippen LogP contribution in [0.1, 0.15) is 47.7 Å². The lowest BCUT2D eigenvalue weighted by atomic mass is 9.69. The van der Waals surface area contributed by atoms with Gasteiger partial charge in [-0.3, -0.25) is 14.9 Å². The Morgan fingerprint density at radius 1 is 0.906 bits per heavy atom. The summed E-state index contributed by atoms with van der Waals surface area (Å²) < 4.78 is 0. The van der Waals surface area contributed by atoms with E-state index < -0.39 is 11.5 Å². The number of hydrogen-bond donors (Lipinski definition) is 2. The number of hydrogen-bond acceptors (Lipinski definition) is 3. The molecule has 32 heavy (non-hydrogen) atoms. The standard InChI is InChI=1S/C28H28N2O2/c1-18(2)17-23-24(19-11-5-3-6-12-19)25(26(31)20-13-7-4-8-14-20)28(30-23)21-15-9-10-16-22(21)29-27(28)32/h3-16,18,23-25,30H,17H2,1-2H3,(H,29,32)/t23-,24+,25-,28-/m0/s1. The summed E-state index contributed by atoms with van der Waals surface area (Å²) in [5, 5.41) is 6.78. The summed E-state index contributed by atoms with van der Waals surface area (Å²) in [4.78, 5) is 27.8. The van der Waals surface area contributed by atoms with Gasteiger partial charge in [-0.1, -0.05) is 92.7 Å². The predicted molar refractivity (Wildman–Crippen MR) is 127 cm³/mol. The largest absolute Gasteiger partial charge is 0.324 e. The van der Waals surface area contributed by atoms with Crippen LogP contribution in [0.4, 0.5) is 5.69 Å². The molecule has 0 unspecified atom stereocenters. The van der Waals surface area contributed by atoms with Crippen molar-refractivity contribution in [1.29, 1.82) is 0 Å². The molecule has 0 aliphatic carbocycles. The van der Waals surface area contributed by atoms with E-state index in [-0.39, 0.29) is 23.7 Å². The molecule has 0 bridgehead atoms. The molecule has 0 radical (unpaired) electrons. The molecule has 0 aromatic heterocycles. The van der Waals surface area contributed by atoms with Gasteiger partial charge < -0.3 is 5.32 Å². The normalized spacial score (nSPS) is 26.3. The van der Waals surface area contributed by atoms with Gasteiger partial charge in [-0.25, -0.2) is 0 Å². The second kappa shape index (κ2) is 8.03. The van der Waals surface area contributed by atoms with E-state index in [1.165, 1.54) is 0 Å². The van der Waals surface area contributed by atoms with Gasteiger partial charge in [-0.2, -0.15) is 0 Å². The van der Waals surface area contributed by atoms with Crippen molar-refractivity contribution in [2.45, 2.75) is 37.8 Å². The van der Waals surface area contributed by atoms with Gasteiger partial charge in [0.1, 0.15) is 5.54 Å². The number of amides is 1. The number of rotatable bonds is 5. The first kappa shape index (κ1) is 20.7. The molecule has 4 nitrogen and oxygen atoms in total. The Labute approximate surface area is 189 Å². The number of fused-ring (bicyclic) bond motifs is 2. The molecule has 1 spiro atoms. The molecule has 0 saturated carbocycles. The first-order valence-corrected chi connectivity index (χ1v) is 11.3. The van der Waals surface area contributed by atoms with E-state index in [0.29, 0.717) is 11.5 Å². The summed E-state index contributed by atoms with van der Waals surface area (Å²) in [5.74, 6) is -0.394. The third-order valence-electron chi connectivity index (χ3n) is 6.88. The Bertz CT molecular complexity index is 1140. The number of carbonyl (C=O) groups is 2. The molecule has 3 aromatic rings. The number of para-hydroxylation sites is 1. The number of carbonyl (C=O) groups excluding carboxylic acids is 2. The zero-order valence-corrected chi connectivity index (χ0v) is 18.4. The van der Waals surface area contributed by atoms with E-state index in [4.69, 9.17) is 0 Å². The topological polar surface area (TPSA) is 58.2 Å². The van der Waals surface area contributed by atoms with Crippen molar-refractivity contribution in [1.82, 2.24) is 5.32 Å². The van der Waals surface area contributed by atoms with Crippen LogP contribution in [0, 0.1) is 11.8 Å². The maximum absolute atomic E-state index is 14.2. The molecule has 2 N–H and O–H groups in total. The van der Waals surface area contributed by atoms with E-state index >= 15 is 0 Å². The van der Waals surface area contributed by atoms with Gasteiger partial charge in [0.25, 0.3) is 0 Å². The fraction of sp³-hybridized carbons (Fsp3) is 0.286. The van der Waals surface area contributed by atoms with Crippen molar-refractivity contribution in [2.24, 2.45) is 11.8 Å². The molecule has 5 rings (SSSR count). The van der Waals surface area contributed by atoms with Gasteiger partial charge in [0.05, 0.1) is 5.92 Å². The number of anilines is 1. The van der Waals surface area contributed by atoms with Crippen molar-refractivity contribution in [3.8, 4) is 0 Å². The van der Waals surface area contributed by atoms with Crippen molar-refractivity contribution in [3.63, 3.8) is 0 Å². The summed E-state index contributed by atoms with van der Waals surface area (Å²) in [5.41, 5.74) is 2.29. The highest BCUT2D eigenvalue weighted by molar-refractivity contribution is 6.12. The lowest BCUT2D eigenvalue weighted by Crippen LogP contribution is -2.51. The minimum atomic E-state index is -1.09. The molecule has 2 heterocycles. The Kier molecular flexibility index (Phi) is 5.18. The van der Waals surface area contributed by atoms with Gasteiger partial charge in [0.15, 0.2) is 5.78 Å². The third kappa shape index (κ3) is 3.18. The Morgan fingerprint density at radius 3 is 2.22 bits per heavy atom. The summed E-state index contributed by atoms with van der Waals surface area (Å²) in [6.07, 6.45) is 0.870. The molecule has 2 aliphatic heterocycles. The van der Waals surface area contributed by atoms with Crippen LogP contribution >= 0.6 is 0 Å². The average molecular weight is 425 g/mol. The zero-order valence-electron chi connectivity index (χ0n) is 18.4. The van der Waals surface area contributed by atoms with Crippen LogP contribution in [0.3, 0.4) is 0 Å². The third-order valence-corrected chi connectivity index (χ3v) is 6.88. The minimum absolute atomic E-state index is 0.00469. The van der Waals surface area contributed by atoms with Crippen LogP contribution in [0.25, 0.3) is 0 Å². The van der Waals surface area contributed by atoms with Crippen molar-refractivity contribution in [3.05, 3.63) is 102 Å². The number of nitrogens with one attached hydrogen (secondary N) is 2. The maximum atomic E-state index is 14.2. The Morgan fingerprint density at radius 2 is 1.53 bits per heavy atom. The second-order valence-electron chi connectivity index (χ2n) is 9.33. The van der Waals surface area contributed by atoms with Gasteiger partial charge in [-0.15, -0.1) is 0 Å². The predicted octanol–water partition coefficient (Wildman–Crippen LogP) is 5.13. The van der Waals surface area contributed by atoms with Gasteiger partial charge in [0, 0.05) is 28.8 Å². The van der Waals surface area contributed by atoms with Gasteiger partial charge in [0.2, 0.25) is 5.91 Å². The van der Waals surface area contributed by atoms with Crippen LogP contribution in [0.5, 0.6) is 0 Å². The number of Topliss-reactive ketones (excluding diaryl/α,β-unsaturated/α-hetero) is 1. The molecule has 4 atom stereocenters. The maximum Gasteiger partial charge on any atom is 0.250 e. The Balaban J connectivity index is 1.74. The minimum Gasteiger partial charge on any atom is -0.324 e. The van der Waals surface area contributed by atoms with Crippen LogP contribution in [0.2, 0.25) is 0 Å². The smallest absolute Gasteiger partial charge is 0.250 e. The van der Waals surface area contributed by atoms with E-state index in [1.807, 2.05) is 72.8 Å². The van der Waals surface area contributed by atoms with E-state index in [9.17, 15) is 9.59 Å². The highest BCUT2D eigenvalue weighted by Gasteiger charge is 2.64. The molecule has 2 aliphatic rings. The summed E-state index contributed by atoms with van der Waals surface area (Å²) in [6.45, 7) is 4.37. The molecular formula is C28H28N2O2.